The smallest absolute Gasteiger partial charge is 0.143 e. The number of aromatic nitrogens is 2. The van der Waals surface area contributed by atoms with Gasteiger partial charge in [0.25, 0.3) is 0 Å². The van der Waals surface area contributed by atoms with Gasteiger partial charge in [-0.2, -0.15) is 0 Å². The molecule has 0 spiro atoms. The van der Waals surface area contributed by atoms with E-state index >= 15 is 0 Å². The predicted octanol–water partition coefficient (Wildman–Crippen LogP) is 12.1. The largest absolute Gasteiger partial charge is 0.455 e. The third kappa shape index (κ3) is 3.35. The summed E-state index contributed by atoms with van der Waals surface area (Å²) >= 11 is 0. The zero-order chi connectivity index (χ0) is 30.6. The van der Waals surface area contributed by atoms with E-state index in [9.17, 15) is 0 Å². The summed E-state index contributed by atoms with van der Waals surface area (Å²) in [6, 6.07) is 57.1. The number of para-hydroxylation sites is 2. The Kier molecular flexibility index (Phi) is 4.84. The van der Waals surface area contributed by atoms with Crippen LogP contribution in [0.2, 0.25) is 0 Å². The Balaban J connectivity index is 1.28. The van der Waals surface area contributed by atoms with Crippen LogP contribution in [0, 0.1) is 0 Å². The van der Waals surface area contributed by atoms with Crippen molar-refractivity contribution in [3.8, 4) is 11.4 Å². The molecule has 0 saturated carbocycles. The van der Waals surface area contributed by atoms with Gasteiger partial charge in [-0.05, 0) is 76.8 Å². The van der Waals surface area contributed by atoms with Gasteiger partial charge in [0.15, 0.2) is 0 Å². The lowest BCUT2D eigenvalue weighted by atomic mass is 10.0. The summed E-state index contributed by atoms with van der Waals surface area (Å²) in [5.41, 5.74) is 8.90. The maximum Gasteiger partial charge on any atom is 0.143 e. The van der Waals surface area contributed by atoms with Gasteiger partial charge < -0.3 is 13.6 Å². The second-order valence-corrected chi connectivity index (χ2v) is 12.5. The van der Waals surface area contributed by atoms with E-state index in [0.29, 0.717) is 0 Å². The minimum Gasteiger partial charge on any atom is -0.455 e. The normalized spacial score (nSPS) is 12.3. The number of hydrogen-bond acceptors (Lipinski definition) is 1. The molecule has 0 bridgehead atoms. The second-order valence-electron chi connectivity index (χ2n) is 12.5. The molecule has 0 aliphatic carbocycles. The highest BCUT2D eigenvalue weighted by Gasteiger charge is 2.20. The Labute approximate surface area is 269 Å². The lowest BCUT2D eigenvalue weighted by molar-refractivity contribution is 0.672. The lowest BCUT2D eigenvalue weighted by Gasteiger charge is -2.10. The van der Waals surface area contributed by atoms with Crippen molar-refractivity contribution in [3.63, 3.8) is 0 Å². The molecule has 0 aliphatic rings. The fraction of sp³-hybridized carbons (Fsp3) is 0. The monoisotopic (exact) mass is 598 g/mol. The SMILES string of the molecule is c1ccc(-n2c3cc4c(cc3c3c5ccccc5ccc32)c2ccccc2n4-c2ccc3oc4c5ccccc5ccc4c3c2)cc1. The highest BCUT2D eigenvalue weighted by Crippen LogP contribution is 2.42. The van der Waals surface area contributed by atoms with Crippen molar-refractivity contribution < 1.29 is 4.42 Å². The number of benzene rings is 8. The first kappa shape index (κ1) is 24.9. The first-order chi connectivity index (χ1) is 23.3. The minimum atomic E-state index is 0.902. The molecule has 3 aromatic heterocycles. The van der Waals surface area contributed by atoms with Crippen molar-refractivity contribution in [3.05, 3.63) is 158 Å². The fourth-order valence-electron chi connectivity index (χ4n) is 8.01. The first-order valence-corrected chi connectivity index (χ1v) is 16.1. The number of rotatable bonds is 2. The van der Waals surface area contributed by atoms with Crippen LogP contribution < -0.4 is 0 Å². The van der Waals surface area contributed by atoms with Crippen molar-refractivity contribution in [2.24, 2.45) is 0 Å². The Hall–Kier alpha value is -6.32. The summed E-state index contributed by atoms with van der Waals surface area (Å²) < 4.78 is 11.3. The van der Waals surface area contributed by atoms with Gasteiger partial charge in [0.05, 0.1) is 22.1 Å². The average Bonchev–Trinajstić information content (AvgIpc) is 3.78. The highest BCUT2D eigenvalue weighted by atomic mass is 16.3. The number of nitrogens with zero attached hydrogens (tertiary/aromatic N) is 2. The highest BCUT2D eigenvalue weighted by molar-refractivity contribution is 6.25. The van der Waals surface area contributed by atoms with Gasteiger partial charge in [0.2, 0.25) is 0 Å². The molecule has 3 heterocycles. The Morgan fingerprint density at radius 1 is 0.340 bits per heavy atom. The van der Waals surface area contributed by atoms with E-state index in [-0.39, 0.29) is 0 Å². The number of fused-ring (bicyclic) bond motifs is 13. The topological polar surface area (TPSA) is 23.0 Å². The molecule has 47 heavy (non-hydrogen) atoms. The average molecular weight is 599 g/mol. The van der Waals surface area contributed by atoms with Gasteiger partial charge in [-0.1, -0.05) is 97.1 Å². The second kappa shape index (κ2) is 9.12. The Morgan fingerprint density at radius 3 is 1.89 bits per heavy atom. The third-order valence-electron chi connectivity index (χ3n) is 10.1. The summed E-state index contributed by atoms with van der Waals surface area (Å²) in [6.07, 6.45) is 0. The van der Waals surface area contributed by atoms with Gasteiger partial charge in [0, 0.05) is 49.1 Å². The first-order valence-electron chi connectivity index (χ1n) is 16.1. The molecule has 11 aromatic rings. The zero-order valence-corrected chi connectivity index (χ0v) is 25.3. The molecule has 0 amide bonds. The summed E-state index contributed by atoms with van der Waals surface area (Å²) in [6.45, 7) is 0. The van der Waals surface area contributed by atoms with Crippen molar-refractivity contribution in [1.29, 1.82) is 0 Å². The van der Waals surface area contributed by atoms with Crippen LogP contribution in [-0.2, 0) is 0 Å². The van der Waals surface area contributed by atoms with Gasteiger partial charge in [-0.15, -0.1) is 0 Å². The summed E-state index contributed by atoms with van der Waals surface area (Å²) in [7, 11) is 0. The molecule has 8 aromatic carbocycles. The van der Waals surface area contributed by atoms with Crippen LogP contribution >= 0.6 is 0 Å². The minimum absolute atomic E-state index is 0.902. The van der Waals surface area contributed by atoms with Crippen LogP contribution in [0.15, 0.2) is 162 Å². The van der Waals surface area contributed by atoms with Crippen LogP contribution in [0.4, 0.5) is 0 Å². The summed E-state index contributed by atoms with van der Waals surface area (Å²) in [4.78, 5) is 0. The van der Waals surface area contributed by atoms with Crippen LogP contribution in [0.5, 0.6) is 0 Å². The zero-order valence-electron chi connectivity index (χ0n) is 25.3. The molecule has 0 radical (unpaired) electrons. The molecule has 0 aliphatic heterocycles. The lowest BCUT2D eigenvalue weighted by Crippen LogP contribution is -1.95. The van der Waals surface area contributed by atoms with Gasteiger partial charge >= 0.3 is 0 Å². The molecule has 0 fully saturated rings. The summed E-state index contributed by atoms with van der Waals surface area (Å²) in [5.74, 6) is 0. The van der Waals surface area contributed by atoms with E-state index in [1.165, 1.54) is 59.8 Å². The van der Waals surface area contributed by atoms with E-state index in [4.69, 9.17) is 4.42 Å². The molecule has 0 unspecified atom stereocenters. The summed E-state index contributed by atoms with van der Waals surface area (Å²) in [5, 5.41) is 12.2. The van der Waals surface area contributed by atoms with E-state index in [1.807, 2.05) is 0 Å². The van der Waals surface area contributed by atoms with E-state index in [2.05, 4.69) is 167 Å². The quantitative estimate of drug-likeness (QED) is 0.194. The van der Waals surface area contributed by atoms with Crippen LogP contribution in [0.3, 0.4) is 0 Å². The van der Waals surface area contributed by atoms with Gasteiger partial charge in [-0.25, -0.2) is 0 Å². The molecule has 11 rings (SSSR count). The third-order valence-corrected chi connectivity index (χ3v) is 10.1. The van der Waals surface area contributed by atoms with Crippen molar-refractivity contribution >= 4 is 87.1 Å². The van der Waals surface area contributed by atoms with Crippen LogP contribution in [0.25, 0.3) is 98.5 Å². The maximum atomic E-state index is 6.49. The van der Waals surface area contributed by atoms with E-state index in [1.54, 1.807) is 0 Å². The Bertz CT molecular complexity index is 3070. The fourth-order valence-corrected chi connectivity index (χ4v) is 8.01. The van der Waals surface area contributed by atoms with E-state index < -0.39 is 0 Å². The van der Waals surface area contributed by atoms with Gasteiger partial charge in [-0.3, -0.25) is 0 Å². The standard InChI is InChI=1S/C44H26N2O/c1-2-12-29(13-3-1)45-39-22-19-27-10-4-6-14-31(27)43(39)37-25-35-33-16-8-9-17-38(33)46(40(35)26-41(37)45)30-20-23-42-36(24-30)34-21-18-28-11-5-7-15-32(28)44(34)47-42/h1-26H. The number of furan rings is 1. The molecule has 0 N–H and O–H groups in total. The molecule has 0 saturated heterocycles. The van der Waals surface area contributed by atoms with Gasteiger partial charge in [0.1, 0.15) is 11.2 Å². The van der Waals surface area contributed by atoms with Crippen molar-refractivity contribution in [2.45, 2.75) is 0 Å². The van der Waals surface area contributed by atoms with Crippen molar-refractivity contribution in [1.82, 2.24) is 9.13 Å². The van der Waals surface area contributed by atoms with Crippen LogP contribution in [0.1, 0.15) is 0 Å². The molecule has 3 heteroatoms. The maximum absolute atomic E-state index is 6.49. The molecular weight excluding hydrogens is 572 g/mol. The predicted molar refractivity (Wildman–Crippen MR) is 197 cm³/mol. The number of hydrogen-bond donors (Lipinski definition) is 0. The molecule has 0 atom stereocenters. The van der Waals surface area contributed by atoms with Crippen LogP contribution in [-0.4, -0.2) is 9.13 Å². The molecular formula is C44H26N2O. The van der Waals surface area contributed by atoms with E-state index in [0.717, 1.165) is 38.7 Å². The molecule has 218 valence electrons. The Morgan fingerprint density at radius 2 is 1.02 bits per heavy atom. The molecule has 3 nitrogen and oxygen atoms in total. The van der Waals surface area contributed by atoms with Crippen molar-refractivity contribution in [2.75, 3.05) is 0 Å².